The lowest BCUT2D eigenvalue weighted by Crippen LogP contribution is -2.52. The molecule has 6 amide bonds. The lowest BCUT2D eigenvalue weighted by atomic mass is 10.0. The molecule has 202 valence electrons. The molecule has 0 radical (unpaired) electrons. The number of nitrogens with one attached hydrogen (secondary N) is 2. The maximum atomic E-state index is 13.4. The zero-order valence-corrected chi connectivity index (χ0v) is 21.5. The largest absolute Gasteiger partial charge is 0.322 e. The van der Waals surface area contributed by atoms with Crippen molar-refractivity contribution in [1.29, 1.82) is 0 Å². The molecule has 2 aromatic carbocycles. The highest BCUT2D eigenvalue weighted by molar-refractivity contribution is 6.06. The summed E-state index contributed by atoms with van der Waals surface area (Å²) >= 11 is 0. The van der Waals surface area contributed by atoms with Crippen molar-refractivity contribution in [3.05, 3.63) is 69.5 Å². The Hall–Kier alpha value is -4.41. The van der Waals surface area contributed by atoms with Crippen LogP contribution in [0, 0.1) is 19.7 Å². The van der Waals surface area contributed by atoms with Gasteiger partial charge < -0.3 is 9.80 Å². The molecule has 2 atom stereocenters. The molecule has 6 rings (SSSR count). The number of hydrogen-bond donors (Lipinski definition) is 2. The summed E-state index contributed by atoms with van der Waals surface area (Å²) in [5.41, 5.74) is 4.47. The maximum absolute atomic E-state index is 13.4. The van der Waals surface area contributed by atoms with Crippen LogP contribution in [0.15, 0.2) is 30.3 Å². The average Bonchev–Trinajstić information content (AvgIpc) is 3.38. The lowest BCUT2D eigenvalue weighted by Gasteiger charge is -2.29. The smallest absolute Gasteiger partial charge is 0.255 e. The molecule has 2 unspecified atom stereocenters. The standard InChI is InChI=1S/C14H13FN2O3.C14H14N2O3/c1-7-4-8(15)5-9-10(7)6-17(14(9)20)11-2-3-12(18)16-13(11)19;1-8-3-2-4-9-10(8)7-16(14(9)19)11-5-6-12(17)15-13(11)18/h4-5,11H,2-3,6H2,1H3,(H,16,18,19);2-4,11H,5-7H2,1H3,(H,15,17,18). The van der Waals surface area contributed by atoms with Gasteiger partial charge in [0, 0.05) is 37.1 Å². The number of carbonyl (C=O) groups excluding carboxylic acids is 6. The van der Waals surface area contributed by atoms with Crippen molar-refractivity contribution in [2.45, 2.75) is 64.7 Å². The van der Waals surface area contributed by atoms with E-state index in [1.165, 1.54) is 17.0 Å². The van der Waals surface area contributed by atoms with Gasteiger partial charge in [0.05, 0.1) is 0 Å². The second kappa shape index (κ2) is 10.0. The van der Waals surface area contributed by atoms with Crippen LogP contribution in [-0.2, 0) is 32.3 Å². The van der Waals surface area contributed by atoms with Crippen LogP contribution in [0.25, 0.3) is 0 Å². The fourth-order valence-corrected chi connectivity index (χ4v) is 5.54. The molecule has 39 heavy (non-hydrogen) atoms. The van der Waals surface area contributed by atoms with Gasteiger partial charge in [0.25, 0.3) is 11.8 Å². The van der Waals surface area contributed by atoms with Gasteiger partial charge in [-0.15, -0.1) is 0 Å². The van der Waals surface area contributed by atoms with E-state index in [0.29, 0.717) is 36.1 Å². The highest BCUT2D eigenvalue weighted by atomic mass is 19.1. The molecule has 0 aromatic heterocycles. The van der Waals surface area contributed by atoms with E-state index in [2.05, 4.69) is 10.6 Å². The molecule has 2 aromatic rings. The van der Waals surface area contributed by atoms with Crippen LogP contribution in [0.5, 0.6) is 0 Å². The molecule has 2 N–H and O–H groups in total. The van der Waals surface area contributed by atoms with Crippen molar-refractivity contribution in [2.24, 2.45) is 0 Å². The number of nitrogens with zero attached hydrogens (tertiary/aromatic N) is 2. The molecule has 2 fully saturated rings. The van der Waals surface area contributed by atoms with Gasteiger partial charge in [0.1, 0.15) is 17.9 Å². The van der Waals surface area contributed by atoms with Gasteiger partial charge in [-0.25, -0.2) is 4.39 Å². The summed E-state index contributed by atoms with van der Waals surface area (Å²) in [4.78, 5) is 73.6. The summed E-state index contributed by atoms with van der Waals surface area (Å²) in [7, 11) is 0. The van der Waals surface area contributed by atoms with Crippen LogP contribution in [0.2, 0.25) is 0 Å². The fraction of sp³-hybridized carbons (Fsp3) is 0.357. The molecular weight excluding hydrogens is 507 g/mol. The van der Waals surface area contributed by atoms with E-state index in [1.54, 1.807) is 17.9 Å². The predicted molar refractivity (Wildman–Crippen MR) is 134 cm³/mol. The number of fused-ring (bicyclic) bond motifs is 2. The number of hydrogen-bond acceptors (Lipinski definition) is 6. The number of amides is 6. The third-order valence-corrected chi connectivity index (χ3v) is 7.66. The van der Waals surface area contributed by atoms with E-state index in [1.807, 2.05) is 19.1 Å². The first-order valence-corrected chi connectivity index (χ1v) is 12.7. The SMILES string of the molecule is Cc1cc(F)cc2c1CN(C1CCC(=O)NC1=O)C2=O.Cc1cccc2c1CN(C1CCC(=O)NC1=O)C2=O. The Kier molecular flexibility index (Phi) is 6.75. The van der Waals surface area contributed by atoms with Crippen LogP contribution in [0.1, 0.15) is 68.7 Å². The first-order chi connectivity index (χ1) is 18.5. The second-order valence-corrected chi connectivity index (χ2v) is 10.1. The number of halogens is 1. The predicted octanol–water partition coefficient (Wildman–Crippen LogP) is 1.65. The zero-order chi connectivity index (χ0) is 28.0. The van der Waals surface area contributed by atoms with Crippen LogP contribution in [0.4, 0.5) is 4.39 Å². The van der Waals surface area contributed by atoms with Crippen molar-refractivity contribution in [3.8, 4) is 0 Å². The highest BCUT2D eigenvalue weighted by Gasteiger charge is 2.40. The van der Waals surface area contributed by atoms with E-state index < -0.39 is 23.8 Å². The topological polar surface area (TPSA) is 133 Å². The van der Waals surface area contributed by atoms with Crippen molar-refractivity contribution in [2.75, 3.05) is 0 Å². The first kappa shape index (κ1) is 26.2. The van der Waals surface area contributed by atoms with E-state index in [4.69, 9.17) is 0 Å². The van der Waals surface area contributed by atoms with Crippen LogP contribution in [-0.4, -0.2) is 57.3 Å². The maximum Gasteiger partial charge on any atom is 0.255 e. The third-order valence-electron chi connectivity index (χ3n) is 7.66. The number of imide groups is 2. The van der Waals surface area contributed by atoms with Gasteiger partial charge in [-0.1, -0.05) is 12.1 Å². The summed E-state index contributed by atoms with van der Waals surface area (Å²) in [6, 6.07) is 6.99. The van der Waals surface area contributed by atoms with E-state index in [0.717, 1.165) is 16.7 Å². The van der Waals surface area contributed by atoms with Gasteiger partial charge in [0.2, 0.25) is 23.6 Å². The van der Waals surface area contributed by atoms with Gasteiger partial charge in [0.15, 0.2) is 0 Å². The molecule has 4 aliphatic rings. The Morgan fingerprint density at radius 2 is 1.23 bits per heavy atom. The number of rotatable bonds is 2. The Morgan fingerprint density at radius 3 is 1.74 bits per heavy atom. The van der Waals surface area contributed by atoms with Crippen molar-refractivity contribution >= 4 is 35.4 Å². The highest BCUT2D eigenvalue weighted by Crippen LogP contribution is 2.31. The van der Waals surface area contributed by atoms with Crippen molar-refractivity contribution < 1.29 is 33.2 Å². The van der Waals surface area contributed by atoms with Crippen LogP contribution < -0.4 is 10.6 Å². The van der Waals surface area contributed by atoms with Crippen molar-refractivity contribution in [1.82, 2.24) is 20.4 Å². The van der Waals surface area contributed by atoms with E-state index in [-0.39, 0.29) is 48.9 Å². The molecule has 0 bridgehead atoms. The molecule has 0 saturated carbocycles. The molecule has 0 spiro atoms. The van der Waals surface area contributed by atoms with Crippen molar-refractivity contribution in [3.63, 3.8) is 0 Å². The Labute approximate surface area is 223 Å². The van der Waals surface area contributed by atoms with E-state index >= 15 is 0 Å². The molecule has 11 heteroatoms. The molecule has 4 heterocycles. The minimum Gasteiger partial charge on any atom is -0.322 e. The Balaban J connectivity index is 0.000000158. The number of benzene rings is 2. The summed E-state index contributed by atoms with van der Waals surface area (Å²) in [5.74, 6) is -2.33. The number of piperidine rings is 2. The van der Waals surface area contributed by atoms with Gasteiger partial charge in [-0.3, -0.25) is 39.4 Å². The molecule has 4 aliphatic heterocycles. The molecule has 0 aliphatic carbocycles. The normalized spacial score (nSPS) is 22.2. The molecular formula is C28H27FN4O6. The summed E-state index contributed by atoms with van der Waals surface area (Å²) < 4.78 is 13.4. The van der Waals surface area contributed by atoms with Crippen LogP contribution in [0.3, 0.4) is 0 Å². The average molecular weight is 535 g/mol. The summed E-state index contributed by atoms with van der Waals surface area (Å²) in [6.45, 7) is 4.43. The summed E-state index contributed by atoms with van der Waals surface area (Å²) in [6.07, 6.45) is 1.22. The number of carbonyl (C=O) groups is 6. The van der Waals surface area contributed by atoms with Gasteiger partial charge >= 0.3 is 0 Å². The van der Waals surface area contributed by atoms with Crippen LogP contribution >= 0.6 is 0 Å². The Morgan fingerprint density at radius 1 is 0.718 bits per heavy atom. The molecule has 10 nitrogen and oxygen atoms in total. The minimum atomic E-state index is -0.657. The monoisotopic (exact) mass is 534 g/mol. The quantitative estimate of drug-likeness (QED) is 0.563. The third kappa shape index (κ3) is 4.80. The number of aryl methyl sites for hydroxylation is 2. The zero-order valence-electron chi connectivity index (χ0n) is 21.5. The van der Waals surface area contributed by atoms with E-state index in [9.17, 15) is 33.2 Å². The van der Waals surface area contributed by atoms with Gasteiger partial charge in [-0.05, 0) is 67.1 Å². The Bertz CT molecular complexity index is 1450. The first-order valence-electron chi connectivity index (χ1n) is 12.7. The lowest BCUT2D eigenvalue weighted by molar-refractivity contribution is -0.138. The van der Waals surface area contributed by atoms with Gasteiger partial charge in [-0.2, -0.15) is 0 Å². The fourth-order valence-electron chi connectivity index (χ4n) is 5.54. The minimum absolute atomic E-state index is 0.117. The molecule has 2 saturated heterocycles. The summed E-state index contributed by atoms with van der Waals surface area (Å²) in [5, 5.41) is 4.53. The second-order valence-electron chi connectivity index (χ2n) is 10.1.